The van der Waals surface area contributed by atoms with Gasteiger partial charge in [-0.1, -0.05) is 29.3 Å². The first-order valence-electron chi connectivity index (χ1n) is 9.82. The minimum Gasteiger partial charge on any atom is -0.459 e. The number of nitrogens with one attached hydrogen (secondary N) is 1. The zero-order chi connectivity index (χ0) is 22.2. The normalized spacial score (nSPS) is 18.1. The van der Waals surface area contributed by atoms with E-state index in [9.17, 15) is 4.39 Å². The van der Waals surface area contributed by atoms with Gasteiger partial charge in [0.05, 0.1) is 21.8 Å². The molecular weight excluding hydrogens is 468 g/mol. The van der Waals surface area contributed by atoms with Gasteiger partial charge in [-0.15, -0.1) is 0 Å². The molecule has 1 fully saturated rings. The molecule has 4 aromatic rings. The molecule has 0 bridgehead atoms. The zero-order valence-corrected chi connectivity index (χ0v) is 18.8. The van der Waals surface area contributed by atoms with Gasteiger partial charge >= 0.3 is 0 Å². The molecule has 0 saturated carbocycles. The number of aromatic nitrogens is 1. The lowest BCUT2D eigenvalue weighted by molar-refractivity contribution is 0.439. The molecule has 0 spiro atoms. The van der Waals surface area contributed by atoms with Gasteiger partial charge < -0.3 is 14.6 Å². The zero-order valence-electron chi connectivity index (χ0n) is 16.5. The van der Waals surface area contributed by atoms with Crippen molar-refractivity contribution in [2.45, 2.75) is 12.1 Å². The van der Waals surface area contributed by atoms with Crippen molar-refractivity contribution in [2.75, 3.05) is 4.90 Å². The van der Waals surface area contributed by atoms with Crippen molar-refractivity contribution in [3.05, 3.63) is 106 Å². The number of hydrogen-bond acceptors (Lipinski definition) is 3. The smallest absolute Gasteiger partial charge is 0.174 e. The van der Waals surface area contributed by atoms with Crippen LogP contribution in [0.3, 0.4) is 0 Å². The SMILES string of the molecule is Fc1ccc(N2C(=S)NC(c3ccccn3)C2c2ccc(-c3ccc(Cl)c(Cl)c3)o2)cc1. The van der Waals surface area contributed by atoms with Crippen molar-refractivity contribution in [3.63, 3.8) is 0 Å². The van der Waals surface area contributed by atoms with E-state index in [1.807, 2.05) is 41.3 Å². The number of nitrogens with zero attached hydrogens (tertiary/aromatic N) is 2. The first-order chi connectivity index (χ1) is 15.5. The maximum Gasteiger partial charge on any atom is 0.174 e. The molecule has 0 amide bonds. The van der Waals surface area contributed by atoms with E-state index in [2.05, 4.69) is 10.3 Å². The standard InChI is InChI=1S/C24H16Cl2FN3OS/c25-17-9-4-14(13-18(17)26)20-10-11-21(31-20)23-22(19-3-1-2-12-28-19)29-24(32)30(23)16-7-5-15(27)6-8-16/h1-13,22-23H,(H,29,32). The third-order valence-electron chi connectivity index (χ3n) is 5.33. The minimum atomic E-state index is -0.334. The average molecular weight is 484 g/mol. The van der Waals surface area contributed by atoms with Crippen LogP contribution in [0.5, 0.6) is 0 Å². The van der Waals surface area contributed by atoms with E-state index in [0.717, 1.165) is 16.9 Å². The average Bonchev–Trinajstić information content (AvgIpc) is 3.41. The summed E-state index contributed by atoms with van der Waals surface area (Å²) < 4.78 is 19.8. The molecule has 32 heavy (non-hydrogen) atoms. The Morgan fingerprint density at radius 3 is 2.50 bits per heavy atom. The summed E-state index contributed by atoms with van der Waals surface area (Å²) in [5.41, 5.74) is 2.37. The molecule has 5 rings (SSSR count). The third kappa shape index (κ3) is 3.86. The molecule has 1 aliphatic heterocycles. The van der Waals surface area contributed by atoms with Crippen LogP contribution in [-0.4, -0.2) is 10.1 Å². The molecule has 0 radical (unpaired) electrons. The van der Waals surface area contributed by atoms with Crippen LogP contribution in [0.1, 0.15) is 23.5 Å². The fourth-order valence-corrected chi connectivity index (χ4v) is 4.48. The van der Waals surface area contributed by atoms with E-state index < -0.39 is 0 Å². The van der Waals surface area contributed by atoms with Crippen molar-refractivity contribution in [3.8, 4) is 11.3 Å². The minimum absolute atomic E-state index is 0.262. The van der Waals surface area contributed by atoms with E-state index in [-0.39, 0.29) is 17.9 Å². The maximum atomic E-state index is 13.6. The Morgan fingerprint density at radius 1 is 0.969 bits per heavy atom. The van der Waals surface area contributed by atoms with Gasteiger partial charge in [0.1, 0.15) is 23.4 Å². The molecule has 4 nitrogen and oxygen atoms in total. The van der Waals surface area contributed by atoms with Gasteiger partial charge in [-0.3, -0.25) is 4.98 Å². The molecule has 160 valence electrons. The van der Waals surface area contributed by atoms with Crippen molar-refractivity contribution in [1.29, 1.82) is 0 Å². The summed E-state index contributed by atoms with van der Waals surface area (Å²) in [6, 6.07) is 20.5. The van der Waals surface area contributed by atoms with Crippen LogP contribution in [0.25, 0.3) is 11.3 Å². The van der Waals surface area contributed by atoms with Crippen LogP contribution in [0, 0.1) is 5.82 Å². The van der Waals surface area contributed by atoms with Gasteiger partial charge in [0.2, 0.25) is 0 Å². The van der Waals surface area contributed by atoms with Gasteiger partial charge in [-0.25, -0.2) is 4.39 Å². The quantitative estimate of drug-likeness (QED) is 0.317. The molecule has 2 aromatic heterocycles. The lowest BCUT2D eigenvalue weighted by atomic mass is 10.0. The highest BCUT2D eigenvalue weighted by atomic mass is 35.5. The highest BCUT2D eigenvalue weighted by molar-refractivity contribution is 7.80. The maximum absolute atomic E-state index is 13.6. The Kier molecular flexibility index (Phi) is 5.59. The summed E-state index contributed by atoms with van der Waals surface area (Å²) in [7, 11) is 0. The molecule has 1 saturated heterocycles. The second kappa shape index (κ2) is 8.54. The number of pyridine rings is 1. The first kappa shape index (κ1) is 20.9. The van der Waals surface area contributed by atoms with E-state index >= 15 is 0 Å². The van der Waals surface area contributed by atoms with Crippen LogP contribution in [0.4, 0.5) is 10.1 Å². The molecule has 0 aliphatic carbocycles. The molecule has 3 heterocycles. The summed E-state index contributed by atoms with van der Waals surface area (Å²) in [5, 5.41) is 4.78. The van der Waals surface area contributed by atoms with Crippen LogP contribution >= 0.6 is 35.4 Å². The van der Waals surface area contributed by atoms with Gasteiger partial charge in [-0.2, -0.15) is 0 Å². The largest absolute Gasteiger partial charge is 0.459 e. The van der Waals surface area contributed by atoms with E-state index in [1.54, 1.807) is 30.5 Å². The van der Waals surface area contributed by atoms with Crippen molar-refractivity contribution < 1.29 is 8.81 Å². The van der Waals surface area contributed by atoms with Crippen LogP contribution < -0.4 is 10.2 Å². The van der Waals surface area contributed by atoms with Gasteiger partial charge in [-0.05, 0) is 78.9 Å². The van der Waals surface area contributed by atoms with Gasteiger partial charge in [0.25, 0.3) is 0 Å². The lowest BCUT2D eigenvalue weighted by Gasteiger charge is -2.26. The summed E-state index contributed by atoms with van der Waals surface area (Å²) in [4.78, 5) is 6.44. The molecule has 2 aromatic carbocycles. The molecule has 1 aliphatic rings. The fraction of sp³-hybridized carbons (Fsp3) is 0.0833. The van der Waals surface area contributed by atoms with Crippen LogP contribution in [-0.2, 0) is 0 Å². The molecule has 1 N–H and O–H groups in total. The van der Waals surface area contributed by atoms with Crippen LogP contribution in [0.2, 0.25) is 10.0 Å². The van der Waals surface area contributed by atoms with Crippen molar-refractivity contribution in [2.24, 2.45) is 0 Å². The second-order valence-corrected chi connectivity index (χ2v) is 8.51. The molecule has 2 atom stereocenters. The van der Waals surface area contributed by atoms with E-state index in [0.29, 0.717) is 26.7 Å². The monoisotopic (exact) mass is 483 g/mol. The van der Waals surface area contributed by atoms with Crippen molar-refractivity contribution in [1.82, 2.24) is 10.3 Å². The Morgan fingerprint density at radius 2 is 1.78 bits per heavy atom. The highest BCUT2D eigenvalue weighted by Gasteiger charge is 2.42. The fourth-order valence-electron chi connectivity index (χ4n) is 3.84. The summed E-state index contributed by atoms with van der Waals surface area (Å²) in [6.45, 7) is 0. The predicted octanol–water partition coefficient (Wildman–Crippen LogP) is 6.96. The Hall–Kier alpha value is -2.93. The molecular formula is C24H16Cl2FN3OS. The number of thiocarbonyl (C=S) groups is 1. The number of halogens is 3. The van der Waals surface area contributed by atoms with Crippen molar-refractivity contribution >= 4 is 46.2 Å². The number of benzene rings is 2. The molecule has 8 heteroatoms. The van der Waals surface area contributed by atoms with E-state index in [1.165, 1.54) is 12.1 Å². The van der Waals surface area contributed by atoms with Gasteiger partial charge in [0, 0.05) is 17.4 Å². The second-order valence-electron chi connectivity index (χ2n) is 7.30. The number of furan rings is 1. The number of hydrogen-bond donors (Lipinski definition) is 1. The summed E-state index contributed by atoms with van der Waals surface area (Å²) >= 11 is 17.9. The number of rotatable bonds is 4. The topological polar surface area (TPSA) is 41.3 Å². The highest BCUT2D eigenvalue weighted by Crippen LogP contribution is 2.43. The summed E-state index contributed by atoms with van der Waals surface area (Å²) in [5.74, 6) is 1.01. The Bertz CT molecular complexity index is 1280. The predicted molar refractivity (Wildman–Crippen MR) is 128 cm³/mol. The Labute approximate surface area is 199 Å². The number of anilines is 1. The first-order valence-corrected chi connectivity index (χ1v) is 11.0. The molecule has 2 unspecified atom stereocenters. The van der Waals surface area contributed by atoms with Gasteiger partial charge in [0.15, 0.2) is 5.11 Å². The van der Waals surface area contributed by atoms with E-state index in [4.69, 9.17) is 39.8 Å². The lowest BCUT2D eigenvalue weighted by Crippen LogP contribution is -2.29. The van der Waals surface area contributed by atoms with Crippen LogP contribution in [0.15, 0.2) is 83.4 Å². The third-order valence-corrected chi connectivity index (χ3v) is 6.38. The summed E-state index contributed by atoms with van der Waals surface area (Å²) in [6.07, 6.45) is 1.74. The Balaban J connectivity index is 1.59.